The van der Waals surface area contributed by atoms with Gasteiger partial charge in [0.05, 0.1) is 6.04 Å². The lowest BCUT2D eigenvalue weighted by atomic mass is 10.1. The van der Waals surface area contributed by atoms with E-state index in [0.717, 1.165) is 15.6 Å². The lowest BCUT2D eigenvalue weighted by molar-refractivity contribution is -0.0125. The molecule has 1 saturated heterocycles. The summed E-state index contributed by atoms with van der Waals surface area (Å²) in [6, 6.07) is 5.74. The molecule has 5 nitrogen and oxygen atoms in total. The van der Waals surface area contributed by atoms with Crippen molar-refractivity contribution >= 4 is 27.9 Å². The first-order valence-electron chi connectivity index (χ1n) is 7.32. The maximum atomic E-state index is 12.5. The van der Waals surface area contributed by atoms with E-state index in [-0.39, 0.29) is 18.0 Å². The van der Waals surface area contributed by atoms with Gasteiger partial charge in [-0.05, 0) is 38.5 Å². The molecule has 0 aliphatic carbocycles. The van der Waals surface area contributed by atoms with Crippen LogP contribution in [-0.4, -0.2) is 46.5 Å². The maximum absolute atomic E-state index is 12.5. The quantitative estimate of drug-likeness (QED) is 0.767. The summed E-state index contributed by atoms with van der Waals surface area (Å²) in [6.45, 7) is 7.21. The second-order valence-electron chi connectivity index (χ2n) is 6.74. The monoisotopic (exact) mass is 366 g/mol. The fourth-order valence-electron chi connectivity index (χ4n) is 2.74. The fraction of sp³-hybridized carbons (Fsp3) is 0.500. The van der Waals surface area contributed by atoms with Crippen molar-refractivity contribution in [3.8, 4) is 0 Å². The number of ether oxygens (including phenoxy) is 1. The minimum absolute atomic E-state index is 0.0464. The molecule has 0 radical (unpaired) electrons. The number of carbonyl (C=O) groups is 2. The Kier molecular flexibility index (Phi) is 3.67. The molecule has 1 aromatic rings. The molecular formula is C16H19BrN2O3. The van der Waals surface area contributed by atoms with E-state index in [1.54, 1.807) is 4.90 Å². The van der Waals surface area contributed by atoms with E-state index < -0.39 is 5.60 Å². The number of likely N-dealkylation sites (tertiary alicyclic amines) is 1. The van der Waals surface area contributed by atoms with Crippen LogP contribution in [0.25, 0.3) is 0 Å². The maximum Gasteiger partial charge on any atom is 0.410 e. The third kappa shape index (κ3) is 2.72. The third-order valence-corrected chi connectivity index (χ3v) is 4.64. The molecule has 2 heterocycles. The number of benzene rings is 1. The number of hydrogen-bond donors (Lipinski definition) is 0. The van der Waals surface area contributed by atoms with Crippen LogP contribution in [0.15, 0.2) is 22.7 Å². The van der Waals surface area contributed by atoms with Crippen molar-refractivity contribution in [2.45, 2.75) is 39.0 Å². The van der Waals surface area contributed by atoms with Crippen LogP contribution in [0.5, 0.6) is 0 Å². The zero-order valence-corrected chi connectivity index (χ0v) is 14.5. The fourth-order valence-corrected chi connectivity index (χ4v) is 3.23. The molecule has 0 N–H and O–H groups in total. The SMILES string of the molecule is CC(C)(C)OC(=O)N1CC(N2Cc3c(Br)cccc3C2=O)C1. The summed E-state index contributed by atoms with van der Waals surface area (Å²) in [6.07, 6.45) is -0.311. The summed E-state index contributed by atoms with van der Waals surface area (Å²) in [5.74, 6) is 0.0464. The Hall–Kier alpha value is -1.56. The molecular weight excluding hydrogens is 348 g/mol. The summed E-state index contributed by atoms with van der Waals surface area (Å²) < 4.78 is 6.30. The van der Waals surface area contributed by atoms with E-state index in [9.17, 15) is 9.59 Å². The van der Waals surface area contributed by atoms with Gasteiger partial charge in [-0.25, -0.2) is 4.79 Å². The number of hydrogen-bond acceptors (Lipinski definition) is 3. The van der Waals surface area contributed by atoms with Gasteiger partial charge in [0, 0.05) is 29.7 Å². The molecule has 2 aliphatic rings. The first-order chi connectivity index (χ1) is 10.3. The van der Waals surface area contributed by atoms with Crippen LogP contribution < -0.4 is 0 Å². The molecule has 0 bridgehead atoms. The molecule has 6 heteroatoms. The van der Waals surface area contributed by atoms with E-state index in [2.05, 4.69) is 15.9 Å². The first-order valence-corrected chi connectivity index (χ1v) is 8.12. The number of amides is 2. The Morgan fingerprint density at radius 2 is 2.00 bits per heavy atom. The average Bonchev–Trinajstić information content (AvgIpc) is 2.65. The predicted octanol–water partition coefficient (Wildman–Crippen LogP) is 3.02. The number of fused-ring (bicyclic) bond motifs is 1. The highest BCUT2D eigenvalue weighted by molar-refractivity contribution is 9.10. The van der Waals surface area contributed by atoms with Gasteiger partial charge in [0.1, 0.15) is 5.60 Å². The zero-order chi connectivity index (χ0) is 16.1. The molecule has 22 heavy (non-hydrogen) atoms. The molecule has 0 atom stereocenters. The predicted molar refractivity (Wildman–Crippen MR) is 85.6 cm³/mol. The summed E-state index contributed by atoms with van der Waals surface area (Å²) in [5, 5.41) is 0. The van der Waals surface area contributed by atoms with E-state index in [4.69, 9.17) is 4.74 Å². The third-order valence-electron chi connectivity index (χ3n) is 3.89. The summed E-state index contributed by atoms with van der Waals surface area (Å²) in [4.78, 5) is 27.9. The lowest BCUT2D eigenvalue weighted by Gasteiger charge is -2.43. The van der Waals surface area contributed by atoms with E-state index >= 15 is 0 Å². The highest BCUT2D eigenvalue weighted by Gasteiger charge is 2.42. The molecule has 2 amide bonds. The van der Waals surface area contributed by atoms with Crippen molar-refractivity contribution in [1.82, 2.24) is 9.80 Å². The van der Waals surface area contributed by atoms with Crippen LogP contribution >= 0.6 is 15.9 Å². The molecule has 1 fully saturated rings. The van der Waals surface area contributed by atoms with Crippen molar-refractivity contribution in [1.29, 1.82) is 0 Å². The van der Waals surface area contributed by atoms with Crippen molar-refractivity contribution in [3.63, 3.8) is 0 Å². The van der Waals surface area contributed by atoms with Gasteiger partial charge in [0.2, 0.25) is 0 Å². The second-order valence-corrected chi connectivity index (χ2v) is 7.59. The van der Waals surface area contributed by atoms with Crippen molar-refractivity contribution in [2.75, 3.05) is 13.1 Å². The minimum Gasteiger partial charge on any atom is -0.444 e. The van der Waals surface area contributed by atoms with Crippen LogP contribution in [0.1, 0.15) is 36.7 Å². The van der Waals surface area contributed by atoms with Crippen LogP contribution in [0.4, 0.5) is 4.79 Å². The largest absolute Gasteiger partial charge is 0.444 e. The number of nitrogens with zero attached hydrogens (tertiary/aromatic N) is 2. The van der Waals surface area contributed by atoms with Gasteiger partial charge in [0.25, 0.3) is 5.91 Å². The van der Waals surface area contributed by atoms with Gasteiger partial charge in [0.15, 0.2) is 0 Å². The Morgan fingerprint density at radius 1 is 1.32 bits per heavy atom. The van der Waals surface area contributed by atoms with Crippen LogP contribution in [0.3, 0.4) is 0 Å². The highest BCUT2D eigenvalue weighted by Crippen LogP contribution is 2.32. The summed E-state index contributed by atoms with van der Waals surface area (Å²) >= 11 is 3.50. The van der Waals surface area contributed by atoms with Crippen LogP contribution in [0.2, 0.25) is 0 Å². The summed E-state index contributed by atoms with van der Waals surface area (Å²) in [7, 11) is 0. The molecule has 2 aliphatic heterocycles. The van der Waals surface area contributed by atoms with Gasteiger partial charge >= 0.3 is 6.09 Å². The first kappa shape index (κ1) is 15.3. The number of carbonyl (C=O) groups excluding carboxylic acids is 2. The van der Waals surface area contributed by atoms with E-state index in [1.807, 2.05) is 43.9 Å². The smallest absolute Gasteiger partial charge is 0.410 e. The topological polar surface area (TPSA) is 49.9 Å². The van der Waals surface area contributed by atoms with Gasteiger partial charge in [-0.3, -0.25) is 4.79 Å². The molecule has 0 saturated carbocycles. The number of halogens is 1. The van der Waals surface area contributed by atoms with Gasteiger partial charge in [-0.15, -0.1) is 0 Å². The lowest BCUT2D eigenvalue weighted by Crippen LogP contribution is -2.61. The van der Waals surface area contributed by atoms with Gasteiger partial charge in [-0.2, -0.15) is 0 Å². The van der Waals surface area contributed by atoms with Crippen molar-refractivity contribution < 1.29 is 14.3 Å². The van der Waals surface area contributed by atoms with Crippen molar-refractivity contribution in [2.24, 2.45) is 0 Å². The zero-order valence-electron chi connectivity index (χ0n) is 12.9. The molecule has 0 aromatic heterocycles. The average molecular weight is 367 g/mol. The molecule has 118 valence electrons. The molecule has 3 rings (SSSR count). The van der Waals surface area contributed by atoms with Crippen LogP contribution in [0, 0.1) is 0 Å². The molecule has 0 unspecified atom stereocenters. The van der Waals surface area contributed by atoms with E-state index in [1.165, 1.54) is 0 Å². The molecule has 1 aromatic carbocycles. The second kappa shape index (κ2) is 5.26. The highest BCUT2D eigenvalue weighted by atomic mass is 79.9. The Morgan fingerprint density at radius 3 is 2.59 bits per heavy atom. The van der Waals surface area contributed by atoms with Crippen molar-refractivity contribution in [3.05, 3.63) is 33.8 Å². The summed E-state index contributed by atoms with van der Waals surface area (Å²) in [5.41, 5.74) is 1.29. The number of rotatable bonds is 1. The Labute approximate surface area is 138 Å². The Balaban J connectivity index is 1.62. The van der Waals surface area contributed by atoms with E-state index in [0.29, 0.717) is 19.6 Å². The molecule has 0 spiro atoms. The van der Waals surface area contributed by atoms with Gasteiger partial charge in [-0.1, -0.05) is 22.0 Å². The Bertz CT molecular complexity index is 633. The van der Waals surface area contributed by atoms with Crippen LogP contribution in [-0.2, 0) is 11.3 Å². The van der Waals surface area contributed by atoms with Gasteiger partial charge < -0.3 is 14.5 Å². The standard InChI is InChI=1S/C16H19BrN2O3/c1-16(2,3)22-15(21)18-7-10(8-18)19-9-12-11(14(19)20)5-4-6-13(12)17/h4-6,10H,7-9H2,1-3H3. The normalized spacial score (nSPS) is 18.3. The minimum atomic E-state index is -0.493.